The lowest BCUT2D eigenvalue weighted by atomic mass is 9.99. The van der Waals surface area contributed by atoms with E-state index in [4.69, 9.17) is 4.74 Å². The van der Waals surface area contributed by atoms with E-state index in [0.717, 1.165) is 48.9 Å². The van der Waals surface area contributed by atoms with E-state index in [9.17, 15) is 9.59 Å². The van der Waals surface area contributed by atoms with Crippen LogP contribution in [0.2, 0.25) is 0 Å². The van der Waals surface area contributed by atoms with Gasteiger partial charge in [-0.3, -0.25) is 9.59 Å². The van der Waals surface area contributed by atoms with E-state index in [-0.39, 0.29) is 11.8 Å². The minimum absolute atomic E-state index is 0.0348. The Morgan fingerprint density at radius 1 is 1.19 bits per heavy atom. The number of carbonyl (C=O) groups excluding carboxylic acids is 2. The minimum Gasteiger partial charge on any atom is -0.494 e. The van der Waals surface area contributed by atoms with Gasteiger partial charge in [-0.25, -0.2) is 0 Å². The van der Waals surface area contributed by atoms with Crippen molar-refractivity contribution in [3.05, 3.63) is 30.0 Å². The molecule has 6 nitrogen and oxygen atoms in total. The van der Waals surface area contributed by atoms with Gasteiger partial charge in [-0.15, -0.1) is 0 Å². The molecule has 1 N–H and O–H groups in total. The molecule has 1 aromatic carbocycles. The standard InChI is InChI=1S/C21H27N3O3/c1-2-27-17-7-6-15-13-19(22-18(15)14-17)21(26)23-11-8-16(9-12-23)24-10-4-3-5-20(24)25/h6-7,13-14,16,22H,2-5,8-12H2,1H3. The number of aromatic amines is 1. The molecule has 0 bridgehead atoms. The number of carbonyl (C=O) groups is 2. The smallest absolute Gasteiger partial charge is 0.270 e. The fourth-order valence-corrected chi connectivity index (χ4v) is 4.24. The second-order valence-electron chi connectivity index (χ2n) is 7.43. The predicted molar refractivity (Wildman–Crippen MR) is 104 cm³/mol. The number of hydrogen-bond donors (Lipinski definition) is 1. The van der Waals surface area contributed by atoms with Gasteiger partial charge in [0.15, 0.2) is 0 Å². The van der Waals surface area contributed by atoms with Crippen molar-refractivity contribution in [3.8, 4) is 5.75 Å². The normalized spacial score (nSPS) is 18.9. The molecule has 0 unspecified atom stereocenters. The summed E-state index contributed by atoms with van der Waals surface area (Å²) < 4.78 is 5.53. The Labute approximate surface area is 159 Å². The van der Waals surface area contributed by atoms with Crippen LogP contribution in [0.5, 0.6) is 5.75 Å². The molecule has 0 atom stereocenters. The average Bonchev–Trinajstić information content (AvgIpc) is 3.12. The molecule has 4 rings (SSSR count). The highest BCUT2D eigenvalue weighted by molar-refractivity contribution is 5.98. The Bertz CT molecular complexity index is 836. The molecule has 0 spiro atoms. The number of amides is 2. The summed E-state index contributed by atoms with van der Waals surface area (Å²) in [5.41, 5.74) is 1.53. The molecule has 0 radical (unpaired) electrons. The van der Waals surface area contributed by atoms with Crippen LogP contribution in [0.25, 0.3) is 10.9 Å². The first-order valence-electron chi connectivity index (χ1n) is 10.00. The topological polar surface area (TPSA) is 65.6 Å². The molecule has 0 aliphatic carbocycles. The van der Waals surface area contributed by atoms with Crippen LogP contribution in [-0.4, -0.2) is 58.9 Å². The van der Waals surface area contributed by atoms with Gasteiger partial charge >= 0.3 is 0 Å². The number of nitrogens with one attached hydrogen (secondary N) is 1. The van der Waals surface area contributed by atoms with Gasteiger partial charge in [0.1, 0.15) is 11.4 Å². The third-order valence-electron chi connectivity index (χ3n) is 5.69. The summed E-state index contributed by atoms with van der Waals surface area (Å²) in [6.07, 6.45) is 4.53. The maximum Gasteiger partial charge on any atom is 0.270 e. The Morgan fingerprint density at radius 3 is 2.74 bits per heavy atom. The Morgan fingerprint density at radius 2 is 2.00 bits per heavy atom. The molecule has 2 saturated heterocycles. The number of H-pyrrole nitrogens is 1. The largest absolute Gasteiger partial charge is 0.494 e. The highest BCUT2D eigenvalue weighted by atomic mass is 16.5. The maximum absolute atomic E-state index is 12.9. The highest BCUT2D eigenvalue weighted by Crippen LogP contribution is 2.25. The zero-order valence-corrected chi connectivity index (χ0v) is 15.9. The summed E-state index contributed by atoms with van der Waals surface area (Å²) in [6, 6.07) is 8.03. The SMILES string of the molecule is CCOc1ccc2cc(C(=O)N3CCC(N4CCCCC4=O)CC3)[nH]c2c1. The molecule has 144 valence electrons. The number of aromatic nitrogens is 1. The van der Waals surface area contributed by atoms with Gasteiger partial charge in [0.2, 0.25) is 5.91 Å². The van der Waals surface area contributed by atoms with Gasteiger partial charge in [0.25, 0.3) is 5.91 Å². The van der Waals surface area contributed by atoms with Crippen LogP contribution in [0, 0.1) is 0 Å². The molecule has 27 heavy (non-hydrogen) atoms. The van der Waals surface area contributed by atoms with E-state index >= 15 is 0 Å². The second kappa shape index (κ2) is 7.62. The van der Waals surface area contributed by atoms with Gasteiger partial charge in [0.05, 0.1) is 6.61 Å². The van der Waals surface area contributed by atoms with Gasteiger partial charge < -0.3 is 19.5 Å². The van der Waals surface area contributed by atoms with Crippen molar-refractivity contribution < 1.29 is 14.3 Å². The van der Waals surface area contributed by atoms with Crippen molar-refractivity contribution in [2.45, 2.75) is 45.1 Å². The van der Waals surface area contributed by atoms with Crippen LogP contribution in [0.3, 0.4) is 0 Å². The third kappa shape index (κ3) is 3.66. The molecular weight excluding hydrogens is 342 g/mol. The lowest BCUT2D eigenvalue weighted by Gasteiger charge is -2.40. The van der Waals surface area contributed by atoms with Crippen molar-refractivity contribution in [2.75, 3.05) is 26.2 Å². The van der Waals surface area contributed by atoms with Gasteiger partial charge in [-0.05, 0) is 50.8 Å². The van der Waals surface area contributed by atoms with Crippen LogP contribution in [-0.2, 0) is 4.79 Å². The number of rotatable bonds is 4. The Hall–Kier alpha value is -2.50. The summed E-state index contributed by atoms with van der Waals surface area (Å²) in [6.45, 7) is 4.85. The molecule has 0 saturated carbocycles. The molecule has 2 amide bonds. The number of fused-ring (bicyclic) bond motifs is 1. The average molecular weight is 369 g/mol. The van der Waals surface area contributed by atoms with Crippen molar-refractivity contribution in [2.24, 2.45) is 0 Å². The number of piperidine rings is 2. The maximum atomic E-state index is 12.9. The van der Waals surface area contributed by atoms with Crippen LogP contribution in [0.1, 0.15) is 49.5 Å². The van der Waals surface area contributed by atoms with Crippen LogP contribution >= 0.6 is 0 Å². The van der Waals surface area contributed by atoms with Crippen LogP contribution in [0.4, 0.5) is 0 Å². The third-order valence-corrected chi connectivity index (χ3v) is 5.69. The monoisotopic (exact) mass is 369 g/mol. The van der Waals surface area contributed by atoms with Crippen LogP contribution in [0.15, 0.2) is 24.3 Å². The van der Waals surface area contributed by atoms with Crippen LogP contribution < -0.4 is 4.74 Å². The molecule has 1 aromatic heterocycles. The summed E-state index contributed by atoms with van der Waals surface area (Å²) in [4.78, 5) is 32.2. The van der Waals surface area contributed by atoms with E-state index < -0.39 is 0 Å². The van der Waals surface area contributed by atoms with Crippen molar-refractivity contribution in [3.63, 3.8) is 0 Å². The second-order valence-corrected chi connectivity index (χ2v) is 7.43. The molecule has 2 aliphatic heterocycles. The summed E-state index contributed by atoms with van der Waals surface area (Å²) in [5.74, 6) is 1.12. The quantitative estimate of drug-likeness (QED) is 0.900. The summed E-state index contributed by atoms with van der Waals surface area (Å²) in [7, 11) is 0. The number of nitrogens with zero attached hydrogens (tertiary/aromatic N) is 2. The lowest BCUT2D eigenvalue weighted by Crippen LogP contribution is -2.50. The first-order valence-corrected chi connectivity index (χ1v) is 10.00. The van der Waals surface area contributed by atoms with Gasteiger partial charge in [-0.2, -0.15) is 0 Å². The number of ether oxygens (including phenoxy) is 1. The van der Waals surface area contributed by atoms with E-state index in [1.165, 1.54) is 0 Å². The zero-order chi connectivity index (χ0) is 18.8. The zero-order valence-electron chi connectivity index (χ0n) is 15.9. The number of hydrogen-bond acceptors (Lipinski definition) is 3. The minimum atomic E-state index is 0.0348. The molecule has 3 heterocycles. The highest BCUT2D eigenvalue weighted by Gasteiger charge is 2.31. The lowest BCUT2D eigenvalue weighted by molar-refractivity contribution is -0.136. The van der Waals surface area contributed by atoms with E-state index in [2.05, 4.69) is 4.98 Å². The molecule has 6 heteroatoms. The molecule has 2 fully saturated rings. The van der Waals surface area contributed by atoms with Crippen molar-refractivity contribution in [1.82, 2.24) is 14.8 Å². The summed E-state index contributed by atoms with van der Waals surface area (Å²) in [5, 5.41) is 1.01. The fraction of sp³-hybridized carbons (Fsp3) is 0.524. The molecule has 2 aromatic rings. The van der Waals surface area contributed by atoms with E-state index in [0.29, 0.717) is 37.9 Å². The Balaban J connectivity index is 1.41. The molecule has 2 aliphatic rings. The van der Waals surface area contributed by atoms with E-state index in [1.807, 2.05) is 41.0 Å². The fourth-order valence-electron chi connectivity index (χ4n) is 4.24. The number of benzene rings is 1. The van der Waals surface area contributed by atoms with Gasteiger partial charge in [0, 0.05) is 49.1 Å². The van der Waals surface area contributed by atoms with E-state index in [1.54, 1.807) is 0 Å². The predicted octanol–water partition coefficient (Wildman–Crippen LogP) is 3.18. The Kier molecular flexibility index (Phi) is 5.05. The molecular formula is C21H27N3O3. The first kappa shape index (κ1) is 17.9. The van der Waals surface area contributed by atoms with Crippen molar-refractivity contribution in [1.29, 1.82) is 0 Å². The number of likely N-dealkylation sites (tertiary alicyclic amines) is 2. The van der Waals surface area contributed by atoms with Gasteiger partial charge in [-0.1, -0.05) is 0 Å². The summed E-state index contributed by atoms with van der Waals surface area (Å²) >= 11 is 0. The van der Waals surface area contributed by atoms with Crippen molar-refractivity contribution >= 4 is 22.7 Å². The first-order chi connectivity index (χ1) is 13.2.